The first kappa shape index (κ1) is 11.6. The Morgan fingerprint density at radius 2 is 2.25 bits per heavy atom. The zero-order valence-electron chi connectivity index (χ0n) is 9.95. The van der Waals surface area contributed by atoms with Crippen LogP contribution >= 0.6 is 0 Å². The number of nitrogens with one attached hydrogen (secondary N) is 1. The fraction of sp³-hybridized carbons (Fsp3) is 0.750. The summed E-state index contributed by atoms with van der Waals surface area (Å²) in [7, 11) is 1.93. The van der Waals surface area contributed by atoms with Gasteiger partial charge >= 0.3 is 0 Å². The summed E-state index contributed by atoms with van der Waals surface area (Å²) in [5, 5.41) is 17.2. The van der Waals surface area contributed by atoms with Crippen LogP contribution in [-0.2, 0) is 13.6 Å². The molecule has 16 heavy (non-hydrogen) atoms. The molecule has 0 radical (unpaired) electrons. The molecule has 2 N–H and O–H groups in total. The Labute approximate surface area is 96.7 Å². The Hall–Kier alpha value is -0.870. The second-order valence-corrected chi connectivity index (χ2v) is 4.95. The first-order valence-corrected chi connectivity index (χ1v) is 6.04. The number of nitrogens with zero attached hydrogens (tertiary/aromatic N) is 2. The lowest BCUT2D eigenvalue weighted by Gasteiger charge is -2.26. The zero-order chi connectivity index (χ0) is 11.4. The van der Waals surface area contributed by atoms with Gasteiger partial charge in [-0.05, 0) is 18.9 Å². The predicted molar refractivity (Wildman–Crippen MR) is 62.9 cm³/mol. The zero-order valence-corrected chi connectivity index (χ0v) is 9.95. The van der Waals surface area contributed by atoms with E-state index in [9.17, 15) is 5.11 Å². The van der Waals surface area contributed by atoms with Crippen LogP contribution < -0.4 is 5.32 Å². The average molecular weight is 223 g/mol. The Balaban J connectivity index is 1.78. The largest absolute Gasteiger partial charge is 0.396 e. The van der Waals surface area contributed by atoms with E-state index in [1.165, 1.54) is 12.8 Å². The number of hydrogen-bond acceptors (Lipinski definition) is 3. The van der Waals surface area contributed by atoms with Gasteiger partial charge in [0.15, 0.2) is 0 Å². The molecule has 2 rings (SSSR count). The van der Waals surface area contributed by atoms with Gasteiger partial charge in [0.25, 0.3) is 0 Å². The highest BCUT2D eigenvalue weighted by Crippen LogP contribution is 2.36. The molecule has 1 aliphatic rings. The maximum absolute atomic E-state index is 9.46. The molecular formula is C12H21N3O. The van der Waals surface area contributed by atoms with Crippen molar-refractivity contribution >= 4 is 0 Å². The van der Waals surface area contributed by atoms with E-state index in [0.29, 0.717) is 6.61 Å². The molecule has 0 aliphatic heterocycles. The highest BCUT2D eigenvalue weighted by atomic mass is 16.3. The molecular weight excluding hydrogens is 202 g/mol. The van der Waals surface area contributed by atoms with Crippen LogP contribution in [0, 0.1) is 5.41 Å². The molecule has 90 valence electrons. The number of aliphatic hydroxyl groups is 1. The van der Waals surface area contributed by atoms with Gasteiger partial charge in [-0.15, -0.1) is 0 Å². The minimum atomic E-state index is 0.134. The third kappa shape index (κ3) is 2.62. The lowest BCUT2D eigenvalue weighted by atomic mass is 9.87. The number of hydrogen-bond donors (Lipinski definition) is 2. The summed E-state index contributed by atoms with van der Waals surface area (Å²) in [6.07, 6.45) is 6.77. The van der Waals surface area contributed by atoms with Gasteiger partial charge in [0.2, 0.25) is 0 Å². The Kier molecular flexibility index (Phi) is 3.61. The van der Waals surface area contributed by atoms with Crippen molar-refractivity contribution < 1.29 is 5.11 Å². The second kappa shape index (κ2) is 4.97. The van der Waals surface area contributed by atoms with E-state index >= 15 is 0 Å². The van der Waals surface area contributed by atoms with Gasteiger partial charge in [-0.3, -0.25) is 4.68 Å². The van der Waals surface area contributed by atoms with Crippen LogP contribution in [0.15, 0.2) is 12.3 Å². The SMILES string of the molecule is Cn1ccc(CNCC2(CO)CCCC2)n1. The summed E-state index contributed by atoms with van der Waals surface area (Å²) in [6, 6.07) is 2.02. The number of aryl methyl sites for hydroxylation is 1. The molecule has 0 unspecified atom stereocenters. The van der Waals surface area contributed by atoms with Gasteiger partial charge in [0, 0.05) is 38.4 Å². The van der Waals surface area contributed by atoms with Crippen molar-refractivity contribution in [1.82, 2.24) is 15.1 Å². The number of rotatable bonds is 5. The molecule has 0 atom stereocenters. The molecule has 0 amide bonds. The van der Waals surface area contributed by atoms with Gasteiger partial charge in [-0.2, -0.15) is 5.10 Å². The van der Waals surface area contributed by atoms with Crippen molar-refractivity contribution in [2.75, 3.05) is 13.2 Å². The molecule has 0 saturated heterocycles. The minimum absolute atomic E-state index is 0.134. The molecule has 0 aromatic carbocycles. The fourth-order valence-electron chi connectivity index (χ4n) is 2.53. The van der Waals surface area contributed by atoms with E-state index in [1.807, 2.05) is 24.0 Å². The van der Waals surface area contributed by atoms with Gasteiger partial charge in [-0.25, -0.2) is 0 Å². The molecule has 1 fully saturated rings. The molecule has 1 aromatic rings. The van der Waals surface area contributed by atoms with Crippen LogP contribution in [0.3, 0.4) is 0 Å². The van der Waals surface area contributed by atoms with Crippen LogP contribution in [0.4, 0.5) is 0 Å². The van der Waals surface area contributed by atoms with Gasteiger partial charge in [0.1, 0.15) is 0 Å². The topological polar surface area (TPSA) is 50.1 Å². The van der Waals surface area contributed by atoms with Crippen LogP contribution in [-0.4, -0.2) is 28.0 Å². The van der Waals surface area contributed by atoms with E-state index in [4.69, 9.17) is 0 Å². The van der Waals surface area contributed by atoms with E-state index < -0.39 is 0 Å². The molecule has 0 bridgehead atoms. The quantitative estimate of drug-likeness (QED) is 0.785. The Bertz CT molecular complexity index is 329. The minimum Gasteiger partial charge on any atom is -0.396 e. The van der Waals surface area contributed by atoms with E-state index in [2.05, 4.69) is 10.4 Å². The summed E-state index contributed by atoms with van der Waals surface area (Å²) < 4.78 is 1.81. The van der Waals surface area contributed by atoms with Crippen molar-refractivity contribution in [3.63, 3.8) is 0 Å². The monoisotopic (exact) mass is 223 g/mol. The Morgan fingerprint density at radius 1 is 1.50 bits per heavy atom. The molecule has 1 heterocycles. The molecule has 1 aromatic heterocycles. The first-order valence-electron chi connectivity index (χ1n) is 6.04. The third-order valence-corrected chi connectivity index (χ3v) is 3.57. The van der Waals surface area contributed by atoms with Gasteiger partial charge < -0.3 is 10.4 Å². The molecule has 4 nitrogen and oxygen atoms in total. The van der Waals surface area contributed by atoms with E-state index in [0.717, 1.165) is 31.6 Å². The summed E-state index contributed by atoms with van der Waals surface area (Å²) in [4.78, 5) is 0. The highest BCUT2D eigenvalue weighted by Gasteiger charge is 2.32. The second-order valence-electron chi connectivity index (χ2n) is 4.95. The fourth-order valence-corrected chi connectivity index (χ4v) is 2.53. The summed E-state index contributed by atoms with van der Waals surface area (Å²) in [6.45, 7) is 2.00. The standard InChI is InChI=1S/C12H21N3O/c1-15-7-4-11(14-15)8-13-9-12(10-16)5-2-3-6-12/h4,7,13,16H,2-3,5-6,8-10H2,1H3. The van der Waals surface area contributed by atoms with Crippen LogP contribution in [0.25, 0.3) is 0 Å². The normalized spacial score (nSPS) is 19.1. The molecule has 1 aliphatic carbocycles. The summed E-state index contributed by atoms with van der Waals surface area (Å²) >= 11 is 0. The van der Waals surface area contributed by atoms with Crippen molar-refractivity contribution in [3.8, 4) is 0 Å². The molecule has 1 saturated carbocycles. The first-order chi connectivity index (χ1) is 7.74. The number of aromatic nitrogens is 2. The third-order valence-electron chi connectivity index (χ3n) is 3.57. The van der Waals surface area contributed by atoms with Crippen molar-refractivity contribution in [2.45, 2.75) is 32.2 Å². The van der Waals surface area contributed by atoms with Crippen molar-refractivity contribution in [3.05, 3.63) is 18.0 Å². The van der Waals surface area contributed by atoms with Gasteiger partial charge in [-0.1, -0.05) is 12.8 Å². The maximum atomic E-state index is 9.46. The van der Waals surface area contributed by atoms with Crippen molar-refractivity contribution in [1.29, 1.82) is 0 Å². The van der Waals surface area contributed by atoms with E-state index in [1.54, 1.807) is 0 Å². The number of aliphatic hydroxyl groups excluding tert-OH is 1. The average Bonchev–Trinajstić information content (AvgIpc) is 2.89. The van der Waals surface area contributed by atoms with Crippen LogP contribution in [0.1, 0.15) is 31.4 Å². The Morgan fingerprint density at radius 3 is 2.81 bits per heavy atom. The van der Waals surface area contributed by atoms with Crippen LogP contribution in [0.5, 0.6) is 0 Å². The predicted octanol–water partition coefficient (Wildman–Crippen LogP) is 1.06. The molecule has 0 spiro atoms. The maximum Gasteiger partial charge on any atom is 0.0762 e. The van der Waals surface area contributed by atoms with Crippen LogP contribution in [0.2, 0.25) is 0 Å². The summed E-state index contributed by atoms with van der Waals surface area (Å²) in [5.41, 5.74) is 1.20. The lowest BCUT2D eigenvalue weighted by molar-refractivity contribution is 0.128. The van der Waals surface area contributed by atoms with E-state index in [-0.39, 0.29) is 5.41 Å². The smallest absolute Gasteiger partial charge is 0.0762 e. The highest BCUT2D eigenvalue weighted by molar-refractivity contribution is 4.98. The van der Waals surface area contributed by atoms with Gasteiger partial charge in [0.05, 0.1) is 5.69 Å². The summed E-state index contributed by atoms with van der Waals surface area (Å²) in [5.74, 6) is 0. The molecule has 4 heteroatoms. The van der Waals surface area contributed by atoms with Crippen molar-refractivity contribution in [2.24, 2.45) is 12.5 Å². The lowest BCUT2D eigenvalue weighted by Crippen LogP contribution is -2.34.